The molecule has 0 saturated heterocycles. The van der Waals surface area contributed by atoms with Crippen molar-refractivity contribution in [2.24, 2.45) is 0 Å². The molecule has 2 unspecified atom stereocenters. The van der Waals surface area contributed by atoms with Crippen LogP contribution in [0.1, 0.15) is 38.3 Å². The Morgan fingerprint density at radius 2 is 1.30 bits per heavy atom. The van der Waals surface area contributed by atoms with Crippen molar-refractivity contribution >= 4 is 0 Å². The van der Waals surface area contributed by atoms with Crippen molar-refractivity contribution in [3.63, 3.8) is 0 Å². The van der Waals surface area contributed by atoms with Gasteiger partial charge >= 0.3 is 0 Å². The van der Waals surface area contributed by atoms with Crippen molar-refractivity contribution in [3.8, 4) is 11.5 Å². The standard InChI is InChI=1S/C25H34O5/c1-5-15-28-16-22(27)18-30-24-13-9-20(10-14-24)25(3,4)19-7-11-23(12-8-19)29-17-21(26)6-2/h5,7-14,21-22,26-27H,1,6,15-18H2,2-4H3. The van der Waals surface area contributed by atoms with E-state index in [9.17, 15) is 10.2 Å². The molecule has 0 bridgehead atoms. The fourth-order valence-electron chi connectivity index (χ4n) is 2.94. The molecule has 0 amide bonds. The molecule has 2 rings (SSSR count). The first-order valence-corrected chi connectivity index (χ1v) is 10.4. The van der Waals surface area contributed by atoms with Gasteiger partial charge in [-0.25, -0.2) is 0 Å². The summed E-state index contributed by atoms with van der Waals surface area (Å²) < 4.78 is 16.5. The highest BCUT2D eigenvalue weighted by Gasteiger charge is 2.23. The third kappa shape index (κ3) is 7.17. The van der Waals surface area contributed by atoms with E-state index in [4.69, 9.17) is 14.2 Å². The molecular formula is C25H34O5. The van der Waals surface area contributed by atoms with E-state index >= 15 is 0 Å². The van der Waals surface area contributed by atoms with E-state index in [2.05, 4.69) is 32.6 Å². The molecule has 0 fully saturated rings. The zero-order valence-electron chi connectivity index (χ0n) is 18.2. The number of benzene rings is 2. The Bertz CT molecular complexity index is 752. The number of hydrogen-bond acceptors (Lipinski definition) is 5. The number of hydrogen-bond donors (Lipinski definition) is 2. The van der Waals surface area contributed by atoms with Crippen LogP contribution in [-0.4, -0.2) is 48.8 Å². The molecule has 0 aliphatic heterocycles. The molecule has 2 N–H and O–H groups in total. The second-order valence-electron chi connectivity index (χ2n) is 7.84. The van der Waals surface area contributed by atoms with Crippen LogP contribution in [-0.2, 0) is 10.2 Å². The zero-order chi connectivity index (χ0) is 22.0. The average molecular weight is 415 g/mol. The lowest BCUT2D eigenvalue weighted by Crippen LogP contribution is -2.23. The van der Waals surface area contributed by atoms with Crippen LogP contribution in [0, 0.1) is 0 Å². The second-order valence-corrected chi connectivity index (χ2v) is 7.84. The molecule has 30 heavy (non-hydrogen) atoms. The van der Waals surface area contributed by atoms with Gasteiger partial charge < -0.3 is 24.4 Å². The van der Waals surface area contributed by atoms with Crippen LogP contribution in [0.4, 0.5) is 0 Å². The summed E-state index contributed by atoms with van der Waals surface area (Å²) in [5.74, 6) is 1.46. The van der Waals surface area contributed by atoms with Crippen molar-refractivity contribution in [1.29, 1.82) is 0 Å². The minimum atomic E-state index is -0.680. The van der Waals surface area contributed by atoms with Crippen LogP contribution in [0.25, 0.3) is 0 Å². The molecule has 0 radical (unpaired) electrons. The molecule has 5 nitrogen and oxygen atoms in total. The number of ether oxygens (including phenoxy) is 3. The van der Waals surface area contributed by atoms with Gasteiger partial charge in [-0.1, -0.05) is 51.1 Å². The van der Waals surface area contributed by atoms with E-state index in [1.807, 2.05) is 43.3 Å². The van der Waals surface area contributed by atoms with E-state index in [-0.39, 0.29) is 18.6 Å². The number of aliphatic hydroxyl groups is 2. The summed E-state index contributed by atoms with van der Waals surface area (Å²) in [4.78, 5) is 0. The minimum absolute atomic E-state index is 0.175. The van der Waals surface area contributed by atoms with Gasteiger partial charge in [0.2, 0.25) is 0 Å². The zero-order valence-corrected chi connectivity index (χ0v) is 18.2. The Labute approximate surface area is 179 Å². The molecule has 0 aliphatic carbocycles. The van der Waals surface area contributed by atoms with E-state index in [1.54, 1.807) is 6.08 Å². The molecular weight excluding hydrogens is 380 g/mol. The van der Waals surface area contributed by atoms with Gasteiger partial charge in [0.1, 0.15) is 30.8 Å². The highest BCUT2D eigenvalue weighted by atomic mass is 16.5. The van der Waals surface area contributed by atoms with Gasteiger partial charge in [-0.05, 0) is 41.8 Å². The summed E-state index contributed by atoms with van der Waals surface area (Å²) in [6.45, 7) is 10.9. The van der Waals surface area contributed by atoms with Crippen molar-refractivity contribution in [2.75, 3.05) is 26.4 Å². The Kier molecular flexibility index (Phi) is 9.37. The molecule has 0 spiro atoms. The molecule has 2 aromatic carbocycles. The third-order valence-electron chi connectivity index (χ3n) is 5.05. The molecule has 2 atom stereocenters. The van der Waals surface area contributed by atoms with Crippen molar-refractivity contribution in [1.82, 2.24) is 0 Å². The number of aliphatic hydroxyl groups excluding tert-OH is 2. The van der Waals surface area contributed by atoms with Gasteiger partial charge in [0.05, 0.1) is 19.3 Å². The van der Waals surface area contributed by atoms with E-state index in [0.29, 0.717) is 25.4 Å². The summed E-state index contributed by atoms with van der Waals surface area (Å²) in [7, 11) is 0. The van der Waals surface area contributed by atoms with Gasteiger partial charge in [0.15, 0.2) is 0 Å². The van der Waals surface area contributed by atoms with Crippen LogP contribution >= 0.6 is 0 Å². The smallest absolute Gasteiger partial charge is 0.119 e. The molecule has 0 heterocycles. The monoisotopic (exact) mass is 414 g/mol. The van der Waals surface area contributed by atoms with Gasteiger partial charge in [-0.15, -0.1) is 6.58 Å². The predicted molar refractivity (Wildman–Crippen MR) is 119 cm³/mol. The minimum Gasteiger partial charge on any atom is -0.491 e. The van der Waals surface area contributed by atoms with E-state index in [1.165, 1.54) is 0 Å². The Hall–Kier alpha value is -2.34. The third-order valence-corrected chi connectivity index (χ3v) is 5.05. The lowest BCUT2D eigenvalue weighted by molar-refractivity contribution is 0.0214. The molecule has 2 aromatic rings. The van der Waals surface area contributed by atoms with Crippen LogP contribution in [0.2, 0.25) is 0 Å². The largest absolute Gasteiger partial charge is 0.491 e. The number of rotatable bonds is 13. The van der Waals surface area contributed by atoms with Crippen molar-refractivity contribution in [3.05, 3.63) is 72.3 Å². The molecule has 0 aliphatic rings. The first-order chi connectivity index (χ1) is 14.4. The summed E-state index contributed by atoms with van der Waals surface area (Å²) in [6, 6.07) is 15.9. The Morgan fingerprint density at radius 3 is 1.73 bits per heavy atom. The maximum absolute atomic E-state index is 9.87. The van der Waals surface area contributed by atoms with Gasteiger partial charge in [-0.2, -0.15) is 0 Å². The maximum atomic E-state index is 9.87. The van der Waals surface area contributed by atoms with E-state index in [0.717, 1.165) is 16.9 Å². The molecule has 0 aromatic heterocycles. The quantitative estimate of drug-likeness (QED) is 0.381. The highest BCUT2D eigenvalue weighted by Crippen LogP contribution is 2.33. The molecule has 164 valence electrons. The summed E-state index contributed by atoms with van der Waals surface area (Å²) in [5.41, 5.74) is 2.12. The van der Waals surface area contributed by atoms with Crippen molar-refractivity contribution in [2.45, 2.75) is 44.8 Å². The topological polar surface area (TPSA) is 68.2 Å². The fourth-order valence-corrected chi connectivity index (χ4v) is 2.94. The summed E-state index contributed by atoms with van der Waals surface area (Å²) >= 11 is 0. The average Bonchev–Trinajstić information content (AvgIpc) is 2.76. The van der Waals surface area contributed by atoms with Gasteiger partial charge in [0.25, 0.3) is 0 Å². The summed E-state index contributed by atoms with van der Waals surface area (Å²) in [5, 5.41) is 19.5. The first kappa shape index (κ1) is 23.9. The fraction of sp³-hybridized carbons (Fsp3) is 0.440. The lowest BCUT2D eigenvalue weighted by atomic mass is 9.78. The maximum Gasteiger partial charge on any atom is 0.119 e. The Morgan fingerprint density at radius 1 is 0.833 bits per heavy atom. The predicted octanol–water partition coefficient (Wildman–Crippen LogP) is 4.10. The lowest BCUT2D eigenvalue weighted by Gasteiger charge is -2.26. The highest BCUT2D eigenvalue weighted by molar-refractivity contribution is 5.41. The van der Waals surface area contributed by atoms with Gasteiger partial charge in [0, 0.05) is 5.41 Å². The molecule has 0 saturated carbocycles. The normalized spacial score (nSPS) is 13.5. The van der Waals surface area contributed by atoms with Crippen LogP contribution in [0.5, 0.6) is 11.5 Å². The van der Waals surface area contributed by atoms with Crippen LogP contribution in [0.15, 0.2) is 61.2 Å². The van der Waals surface area contributed by atoms with Gasteiger partial charge in [-0.3, -0.25) is 0 Å². The summed E-state index contributed by atoms with van der Waals surface area (Å²) in [6.07, 6.45) is 1.20. The van der Waals surface area contributed by atoms with Crippen LogP contribution < -0.4 is 9.47 Å². The van der Waals surface area contributed by atoms with Crippen molar-refractivity contribution < 1.29 is 24.4 Å². The Balaban J connectivity index is 1.94. The molecule has 5 heteroatoms. The second kappa shape index (κ2) is 11.7. The SMILES string of the molecule is C=CCOCC(O)COc1ccc(C(C)(C)c2ccc(OCC(O)CC)cc2)cc1. The first-order valence-electron chi connectivity index (χ1n) is 10.4. The van der Waals surface area contributed by atoms with E-state index < -0.39 is 12.2 Å². The van der Waals surface area contributed by atoms with Crippen LogP contribution in [0.3, 0.4) is 0 Å².